The third-order valence-corrected chi connectivity index (χ3v) is 4.02. The van der Waals surface area contributed by atoms with Crippen molar-refractivity contribution in [1.29, 1.82) is 0 Å². The normalized spacial score (nSPS) is 21.6. The standard InChI is InChI=1S/C13H16OS/c14-13-8-9-15-10-12(13)7-6-11-4-2-1-3-5-11/h1-5,12H,6-10H2. The molecule has 0 N–H and O–H groups in total. The van der Waals surface area contributed by atoms with E-state index in [9.17, 15) is 4.79 Å². The number of aryl methyl sites for hydroxylation is 1. The molecule has 1 fully saturated rings. The zero-order chi connectivity index (χ0) is 10.5. The number of hydrogen-bond donors (Lipinski definition) is 0. The average Bonchev–Trinajstić information content (AvgIpc) is 2.29. The first-order chi connectivity index (χ1) is 7.36. The predicted molar refractivity (Wildman–Crippen MR) is 65.2 cm³/mol. The monoisotopic (exact) mass is 220 g/mol. The Morgan fingerprint density at radius 2 is 2.07 bits per heavy atom. The molecule has 0 aromatic heterocycles. The highest BCUT2D eigenvalue weighted by Crippen LogP contribution is 2.23. The fraction of sp³-hybridized carbons (Fsp3) is 0.462. The minimum Gasteiger partial charge on any atom is -0.299 e. The zero-order valence-electron chi connectivity index (χ0n) is 8.82. The van der Waals surface area contributed by atoms with Crippen molar-refractivity contribution in [3.8, 4) is 0 Å². The van der Waals surface area contributed by atoms with Crippen molar-refractivity contribution in [3.05, 3.63) is 35.9 Å². The minimum absolute atomic E-state index is 0.309. The van der Waals surface area contributed by atoms with Crippen LogP contribution in [0.25, 0.3) is 0 Å². The van der Waals surface area contributed by atoms with E-state index in [1.165, 1.54) is 5.56 Å². The van der Waals surface area contributed by atoms with Gasteiger partial charge in [0, 0.05) is 23.8 Å². The van der Waals surface area contributed by atoms with Crippen molar-refractivity contribution < 1.29 is 4.79 Å². The van der Waals surface area contributed by atoms with E-state index in [2.05, 4.69) is 24.3 Å². The maximum absolute atomic E-state index is 11.6. The molecule has 15 heavy (non-hydrogen) atoms. The van der Waals surface area contributed by atoms with Gasteiger partial charge in [0.2, 0.25) is 0 Å². The Hall–Kier alpha value is -0.760. The van der Waals surface area contributed by atoms with Crippen molar-refractivity contribution in [2.45, 2.75) is 19.3 Å². The number of rotatable bonds is 3. The van der Waals surface area contributed by atoms with Crippen LogP contribution in [0.1, 0.15) is 18.4 Å². The van der Waals surface area contributed by atoms with Crippen molar-refractivity contribution in [2.75, 3.05) is 11.5 Å². The van der Waals surface area contributed by atoms with Crippen LogP contribution in [0, 0.1) is 5.92 Å². The maximum Gasteiger partial charge on any atom is 0.137 e. The van der Waals surface area contributed by atoms with E-state index in [1.54, 1.807) is 0 Å². The van der Waals surface area contributed by atoms with E-state index in [0.29, 0.717) is 11.7 Å². The summed E-state index contributed by atoms with van der Waals surface area (Å²) >= 11 is 1.92. The maximum atomic E-state index is 11.6. The Kier molecular flexibility index (Phi) is 3.84. The first kappa shape index (κ1) is 10.7. The van der Waals surface area contributed by atoms with E-state index in [1.807, 2.05) is 17.8 Å². The quantitative estimate of drug-likeness (QED) is 0.779. The van der Waals surface area contributed by atoms with Gasteiger partial charge in [0.05, 0.1) is 0 Å². The van der Waals surface area contributed by atoms with Gasteiger partial charge in [0.15, 0.2) is 0 Å². The number of thioether (sulfide) groups is 1. The molecule has 0 bridgehead atoms. The Morgan fingerprint density at radius 3 is 2.80 bits per heavy atom. The van der Waals surface area contributed by atoms with Gasteiger partial charge in [-0.2, -0.15) is 11.8 Å². The van der Waals surface area contributed by atoms with Crippen LogP contribution in [0.5, 0.6) is 0 Å². The molecule has 1 aromatic rings. The van der Waals surface area contributed by atoms with Gasteiger partial charge in [-0.1, -0.05) is 30.3 Å². The fourth-order valence-electron chi connectivity index (χ4n) is 1.93. The lowest BCUT2D eigenvalue weighted by Gasteiger charge is -2.19. The summed E-state index contributed by atoms with van der Waals surface area (Å²) in [6, 6.07) is 10.4. The number of carbonyl (C=O) groups excluding carboxylic acids is 1. The third-order valence-electron chi connectivity index (χ3n) is 2.89. The van der Waals surface area contributed by atoms with Gasteiger partial charge < -0.3 is 0 Å². The van der Waals surface area contributed by atoms with Crippen LogP contribution in [0.3, 0.4) is 0 Å². The lowest BCUT2D eigenvalue weighted by molar-refractivity contribution is -0.122. The second-order valence-corrected chi connectivity index (χ2v) is 5.16. The number of hydrogen-bond acceptors (Lipinski definition) is 2. The number of Topliss-reactive ketones (excluding diaryl/α,β-unsaturated/α-hetero) is 1. The van der Waals surface area contributed by atoms with E-state index in [0.717, 1.165) is 30.8 Å². The third kappa shape index (κ3) is 3.10. The zero-order valence-corrected chi connectivity index (χ0v) is 9.63. The number of benzene rings is 1. The van der Waals surface area contributed by atoms with Gasteiger partial charge in [-0.3, -0.25) is 4.79 Å². The number of carbonyl (C=O) groups is 1. The molecule has 1 aliphatic heterocycles. The molecule has 80 valence electrons. The van der Waals surface area contributed by atoms with Gasteiger partial charge in [0.25, 0.3) is 0 Å². The summed E-state index contributed by atoms with van der Waals surface area (Å²) in [6.45, 7) is 0. The summed E-state index contributed by atoms with van der Waals surface area (Å²) in [7, 11) is 0. The Morgan fingerprint density at radius 1 is 1.27 bits per heavy atom. The average molecular weight is 220 g/mol. The van der Waals surface area contributed by atoms with Gasteiger partial charge in [-0.05, 0) is 18.4 Å². The summed E-state index contributed by atoms with van der Waals surface area (Å²) < 4.78 is 0. The molecule has 0 aliphatic carbocycles. The number of ketones is 1. The molecular formula is C13H16OS. The van der Waals surface area contributed by atoms with E-state index in [4.69, 9.17) is 0 Å². The topological polar surface area (TPSA) is 17.1 Å². The summed E-state index contributed by atoms with van der Waals surface area (Å²) in [5.74, 6) is 2.85. The molecule has 0 saturated carbocycles. The van der Waals surface area contributed by atoms with Crippen LogP contribution in [-0.2, 0) is 11.2 Å². The van der Waals surface area contributed by atoms with Crippen LogP contribution in [0.2, 0.25) is 0 Å². The molecule has 1 heterocycles. The van der Waals surface area contributed by atoms with E-state index in [-0.39, 0.29) is 0 Å². The summed E-state index contributed by atoms with van der Waals surface area (Å²) in [5.41, 5.74) is 1.35. The van der Waals surface area contributed by atoms with Crippen LogP contribution in [0.15, 0.2) is 30.3 Å². The molecule has 2 rings (SSSR count). The molecule has 1 nitrogen and oxygen atoms in total. The van der Waals surface area contributed by atoms with E-state index < -0.39 is 0 Å². The first-order valence-electron chi connectivity index (χ1n) is 5.50. The summed E-state index contributed by atoms with van der Waals surface area (Å²) in [6.07, 6.45) is 2.85. The first-order valence-corrected chi connectivity index (χ1v) is 6.66. The van der Waals surface area contributed by atoms with Gasteiger partial charge in [-0.25, -0.2) is 0 Å². The predicted octanol–water partition coefficient (Wildman–Crippen LogP) is 2.94. The summed E-state index contributed by atoms with van der Waals surface area (Å²) in [5, 5.41) is 0. The summed E-state index contributed by atoms with van der Waals surface area (Å²) in [4.78, 5) is 11.6. The largest absolute Gasteiger partial charge is 0.299 e. The lowest BCUT2D eigenvalue weighted by atomic mass is 9.95. The molecular weight excluding hydrogens is 204 g/mol. The highest BCUT2D eigenvalue weighted by atomic mass is 32.2. The van der Waals surface area contributed by atoms with Crippen LogP contribution in [-0.4, -0.2) is 17.3 Å². The molecule has 1 aromatic carbocycles. The fourth-order valence-corrected chi connectivity index (χ4v) is 3.07. The van der Waals surface area contributed by atoms with Crippen molar-refractivity contribution >= 4 is 17.5 Å². The molecule has 0 radical (unpaired) electrons. The van der Waals surface area contributed by atoms with Crippen molar-refractivity contribution in [2.24, 2.45) is 5.92 Å². The molecule has 0 spiro atoms. The van der Waals surface area contributed by atoms with Crippen molar-refractivity contribution in [3.63, 3.8) is 0 Å². The van der Waals surface area contributed by atoms with Gasteiger partial charge >= 0.3 is 0 Å². The van der Waals surface area contributed by atoms with Crippen LogP contribution >= 0.6 is 11.8 Å². The lowest BCUT2D eigenvalue weighted by Crippen LogP contribution is -2.22. The van der Waals surface area contributed by atoms with Gasteiger partial charge in [0.1, 0.15) is 5.78 Å². The highest BCUT2D eigenvalue weighted by molar-refractivity contribution is 7.99. The van der Waals surface area contributed by atoms with Crippen LogP contribution in [0.4, 0.5) is 0 Å². The molecule has 1 atom stereocenters. The Labute approximate surface area is 95.3 Å². The van der Waals surface area contributed by atoms with Crippen molar-refractivity contribution in [1.82, 2.24) is 0 Å². The minimum atomic E-state index is 0.309. The smallest absolute Gasteiger partial charge is 0.137 e. The molecule has 1 unspecified atom stereocenters. The molecule has 2 heteroatoms. The van der Waals surface area contributed by atoms with E-state index >= 15 is 0 Å². The Balaban J connectivity index is 1.85. The Bertz CT molecular complexity index is 321. The molecule has 1 saturated heterocycles. The van der Waals surface area contributed by atoms with Crippen LogP contribution < -0.4 is 0 Å². The second-order valence-electron chi connectivity index (χ2n) is 4.01. The molecule has 0 amide bonds. The molecule has 1 aliphatic rings. The van der Waals surface area contributed by atoms with Gasteiger partial charge in [-0.15, -0.1) is 0 Å². The SMILES string of the molecule is O=C1CCSCC1CCc1ccccc1. The highest BCUT2D eigenvalue weighted by Gasteiger charge is 2.21. The second kappa shape index (κ2) is 5.36.